The summed E-state index contributed by atoms with van der Waals surface area (Å²) >= 11 is 0. The van der Waals surface area contributed by atoms with E-state index in [2.05, 4.69) is 106 Å². The van der Waals surface area contributed by atoms with Crippen LogP contribution in [0.15, 0.2) is 134 Å². The SMILES string of the molecule is CCc1cc(OCCCCn2cc(COCCOCCOCCOCCNC(=O)CCC(=O)N3Cc4ccccc4C#Cc4ccccc43)nn2)ccc1-c1ccc(C[C@H](NC(=O)[C@H](CC(=O)O)NC(=O)[C@H](CO)NC(=O)[C@@H](NC(=O)[C@](C)(Cc2ccccc2F)NC(=O)[C@@H](NC(=O)CNC(=O)[C@H](Cc2nn[nH]n2)NC(=O)C(C)(C)C(=O)NCCc2cnc[nH]2)[C@@H](C)O)[C@@H](C)O)C(N)=O)cc1. The Bertz CT molecular complexity index is 5440. The normalized spacial score (nSPS) is 13.8. The first-order valence-electron chi connectivity index (χ1n) is 44.1. The summed E-state index contributed by atoms with van der Waals surface area (Å²) in [7, 11) is 0. The van der Waals surface area contributed by atoms with Crippen molar-refractivity contribution in [1.29, 1.82) is 0 Å². The van der Waals surface area contributed by atoms with Crippen LogP contribution in [-0.4, -0.2) is 276 Å². The number of fused-ring (bicyclic) bond motifs is 2. The molecular formula is C92H116FN21O22. The van der Waals surface area contributed by atoms with Gasteiger partial charge in [-0.05, 0) is 124 Å². The Morgan fingerprint density at radius 1 is 0.625 bits per heavy atom. The van der Waals surface area contributed by atoms with Crippen molar-refractivity contribution in [3.63, 3.8) is 0 Å². The van der Waals surface area contributed by atoms with E-state index in [0.717, 1.165) is 72.3 Å². The summed E-state index contributed by atoms with van der Waals surface area (Å²) in [5.74, 6) is -7.36. The number of aromatic amines is 2. The fraction of sp³-hybridized carbons (Fsp3) is 0.446. The summed E-state index contributed by atoms with van der Waals surface area (Å²) in [6.45, 7) is 9.96. The highest BCUT2D eigenvalue weighted by atomic mass is 19.1. The molecule has 0 radical (unpaired) electrons. The summed E-state index contributed by atoms with van der Waals surface area (Å²) < 4.78 is 45.9. The number of tetrazole rings is 1. The third-order valence-electron chi connectivity index (χ3n) is 21.7. The van der Waals surface area contributed by atoms with Crippen LogP contribution in [-0.2, 0) is 133 Å². The summed E-state index contributed by atoms with van der Waals surface area (Å²) in [6, 6.07) is 21.7. The Kier molecular flexibility index (Phi) is 41.0. The molecule has 0 bridgehead atoms. The zero-order valence-electron chi connectivity index (χ0n) is 76.2. The average Bonchev–Trinajstić information content (AvgIpc) is 0.857. The summed E-state index contributed by atoms with van der Waals surface area (Å²) in [4.78, 5) is 185. The second-order valence-electron chi connectivity index (χ2n) is 32.7. The number of benzene rings is 5. The molecule has 9 atom stereocenters. The van der Waals surface area contributed by atoms with Crippen molar-refractivity contribution in [1.82, 2.24) is 98.8 Å². The molecule has 5 aromatic carbocycles. The number of carbonyl (C=O) groups excluding carboxylic acids is 12. The Labute approximate surface area is 782 Å². The molecule has 44 heteroatoms. The number of nitrogens with one attached hydrogen (secondary N) is 12. The second-order valence-corrected chi connectivity index (χ2v) is 32.7. The topological polar surface area (TPSA) is 612 Å². The van der Waals surface area contributed by atoms with Gasteiger partial charge >= 0.3 is 5.97 Å². The zero-order chi connectivity index (χ0) is 98.3. The van der Waals surface area contributed by atoms with Crippen molar-refractivity contribution in [3.8, 4) is 28.7 Å². The first-order valence-corrected chi connectivity index (χ1v) is 44.1. The lowest BCUT2D eigenvalue weighted by molar-refractivity contribution is -0.143. The van der Waals surface area contributed by atoms with E-state index in [9.17, 15) is 82.8 Å². The smallest absolute Gasteiger partial charge is 0.305 e. The van der Waals surface area contributed by atoms with E-state index < -0.39 is 163 Å². The van der Waals surface area contributed by atoms with Crippen LogP contribution in [0, 0.1) is 23.1 Å². The van der Waals surface area contributed by atoms with Gasteiger partial charge in [-0.2, -0.15) is 5.21 Å². The van der Waals surface area contributed by atoms with Crippen molar-refractivity contribution < 1.29 is 111 Å². The number of aliphatic hydroxyl groups is 3. The molecule has 3 aromatic heterocycles. The molecule has 1 aliphatic rings. The number of ether oxygens (including phenoxy) is 5. The van der Waals surface area contributed by atoms with Gasteiger partial charge < -0.3 is 113 Å². The van der Waals surface area contributed by atoms with Crippen molar-refractivity contribution >= 4 is 82.5 Å². The molecule has 43 nitrogen and oxygen atoms in total. The van der Waals surface area contributed by atoms with Gasteiger partial charge in [0.2, 0.25) is 70.9 Å². The predicted molar refractivity (Wildman–Crippen MR) is 484 cm³/mol. The van der Waals surface area contributed by atoms with Gasteiger partial charge in [0.05, 0.1) is 116 Å². The van der Waals surface area contributed by atoms with E-state index in [1.54, 1.807) is 40.0 Å². The Morgan fingerprint density at radius 3 is 1.96 bits per heavy atom. The third kappa shape index (κ3) is 32.8. The fourth-order valence-electron chi connectivity index (χ4n) is 14.0. The number of unbranched alkanes of at least 4 members (excludes halogenated alkanes) is 1. The molecule has 136 heavy (non-hydrogen) atoms. The molecule has 0 fully saturated rings. The predicted octanol–water partition coefficient (Wildman–Crippen LogP) is -0.822. The maximum absolute atomic E-state index is 15.5. The number of aliphatic carboxylic acids is 1. The highest BCUT2D eigenvalue weighted by Crippen LogP contribution is 2.31. The number of primary amides is 1. The maximum Gasteiger partial charge on any atom is 0.305 e. The number of H-pyrrole nitrogens is 2. The minimum Gasteiger partial charge on any atom is -0.494 e. The second kappa shape index (κ2) is 52.9. The highest BCUT2D eigenvalue weighted by Gasteiger charge is 2.44. The largest absolute Gasteiger partial charge is 0.494 e. The van der Waals surface area contributed by atoms with Crippen molar-refractivity contribution in [3.05, 3.63) is 190 Å². The van der Waals surface area contributed by atoms with Crippen molar-refractivity contribution in [2.45, 2.75) is 179 Å². The lowest BCUT2D eigenvalue weighted by atomic mass is 9.90. The van der Waals surface area contributed by atoms with E-state index in [1.807, 2.05) is 79.9 Å². The standard InChI is InChI=1S/C92H116FN21O22/c1-7-59-45-67(136-36-15-14-35-113-52-66(107-112-113)54-135-43-42-134-41-40-133-39-38-132-37-34-96-76(118)30-31-78(120)114-51-64-19-9-8-16-60(64)26-27-62-17-11-13-21-74(62)114)28-29-68(59)61-24-22-58(23-25-61)44-70(82(94)123)100-84(125)72(47-79(121)122)101-85(126)73(53-115)102-86(127)80(56(2)116)105-90(131)92(6,48-63-18-10-12-20-69(63)93)106-87(128)81(57(3)117)104-77(119)50-98-83(124)71(46-75-108-110-111-109-75)103-89(130)91(4,5)88(129)97-33-32-65-49-95-55-99-65/h8-13,16-25,28-29,45,49,52,55-57,70-73,80-81,115-117H,7,14-15,30-44,46-48,50-51,53-54H2,1-6H3,(H2,94,123)(H,95,99)(H,96,118)(H,97,129)(H,98,124)(H,100,125)(H,101,126)(H,102,127)(H,103,130)(H,104,119)(H,105,131)(H,106,128)(H,121,122)(H,108,109,110,111)/t56-,57-,70+,71+,72+,73+,80+,81+,92+/m1/s1. The number of hydrogen-bond acceptors (Lipinski definition) is 27. The number of carbonyl (C=O) groups is 13. The number of rotatable bonds is 57. The lowest BCUT2D eigenvalue weighted by Crippen LogP contribution is -2.67. The molecule has 0 unspecified atom stereocenters. The lowest BCUT2D eigenvalue weighted by Gasteiger charge is -2.34. The molecule has 728 valence electrons. The molecular weight excluding hydrogens is 1770 g/mol. The molecule has 0 aliphatic carbocycles. The number of hydrogen-bond donors (Lipinski definition) is 17. The van der Waals surface area contributed by atoms with E-state index in [1.165, 1.54) is 38.4 Å². The van der Waals surface area contributed by atoms with E-state index in [-0.39, 0.29) is 62.2 Å². The fourth-order valence-corrected chi connectivity index (χ4v) is 14.0. The average molecular weight is 1890 g/mol. The van der Waals surface area contributed by atoms with Crippen LogP contribution < -0.4 is 68.5 Å². The summed E-state index contributed by atoms with van der Waals surface area (Å²) in [5.41, 5.74) is 9.20. The molecule has 4 heterocycles. The van der Waals surface area contributed by atoms with Gasteiger partial charge in [-0.3, -0.25) is 67.0 Å². The van der Waals surface area contributed by atoms with Crippen LogP contribution in [0.4, 0.5) is 10.1 Å². The summed E-state index contributed by atoms with van der Waals surface area (Å²) in [6.07, 6.45) is 1.24. The van der Waals surface area contributed by atoms with Crippen LogP contribution in [0.25, 0.3) is 11.1 Å². The Balaban J connectivity index is 0.670. The van der Waals surface area contributed by atoms with Gasteiger partial charge in [0.25, 0.3) is 0 Å². The maximum atomic E-state index is 15.5. The number of imidazole rings is 1. The third-order valence-corrected chi connectivity index (χ3v) is 21.7. The molecule has 1 aliphatic heterocycles. The van der Waals surface area contributed by atoms with E-state index in [0.29, 0.717) is 108 Å². The monoisotopic (exact) mass is 1890 g/mol. The van der Waals surface area contributed by atoms with Gasteiger partial charge in [-0.15, -0.1) is 15.3 Å². The van der Waals surface area contributed by atoms with Gasteiger partial charge in [-0.1, -0.05) is 108 Å². The molecule has 0 saturated heterocycles. The molecule has 0 saturated carbocycles. The number of para-hydroxylation sites is 1. The number of aliphatic hydroxyl groups excluding tert-OH is 3. The first-order chi connectivity index (χ1) is 65.2. The molecule has 12 amide bonds. The summed E-state index contributed by atoms with van der Waals surface area (Å²) in [5, 5.41) is 87.7. The number of carboxylic acids is 1. The molecule has 8 aromatic rings. The number of carboxylic acid groups (broad SMARTS) is 1. The quantitative estimate of drug-likeness (QED) is 0.0126. The molecule has 18 N–H and O–H groups in total. The van der Waals surface area contributed by atoms with E-state index >= 15 is 4.39 Å². The van der Waals surface area contributed by atoms with E-state index in [4.69, 9.17) is 29.4 Å². The minimum absolute atomic E-state index is 0.0356. The molecule has 9 rings (SSSR count). The Morgan fingerprint density at radius 2 is 1.29 bits per heavy atom. The van der Waals surface area contributed by atoms with Gasteiger partial charge in [0, 0.05) is 81.2 Å². The zero-order valence-corrected chi connectivity index (χ0v) is 76.2. The number of nitrogens with zero attached hydrogens (tertiary/aromatic N) is 8. The van der Waals surface area contributed by atoms with Gasteiger partial charge in [0.1, 0.15) is 64.5 Å². The van der Waals surface area contributed by atoms with Crippen molar-refractivity contribution in [2.24, 2.45) is 11.1 Å². The van der Waals surface area contributed by atoms with Crippen LogP contribution in [0.3, 0.4) is 0 Å². The van der Waals surface area contributed by atoms with Gasteiger partial charge in [-0.25, -0.2) is 9.37 Å². The van der Waals surface area contributed by atoms with Crippen molar-refractivity contribution in [2.75, 3.05) is 84.0 Å². The number of amides is 12. The Hall–Kier alpha value is -14.4. The van der Waals surface area contributed by atoms with Gasteiger partial charge in [0.15, 0.2) is 5.82 Å². The molecule has 0 spiro atoms. The highest BCUT2D eigenvalue weighted by molar-refractivity contribution is 6.06. The number of aromatic nitrogens is 9. The van der Waals surface area contributed by atoms with Crippen LogP contribution in [0.2, 0.25) is 0 Å². The van der Waals surface area contributed by atoms with Crippen LogP contribution in [0.5, 0.6) is 5.75 Å². The number of halogens is 1. The minimum atomic E-state index is -2.39. The number of aryl methyl sites for hydroxylation is 2. The number of anilines is 1. The van der Waals surface area contributed by atoms with Crippen LogP contribution in [0.1, 0.15) is 124 Å². The number of nitrogens with two attached hydrogens (primary N) is 1. The van der Waals surface area contributed by atoms with Crippen LogP contribution >= 0.6 is 0 Å². The first kappa shape index (κ1) is 105.